The van der Waals surface area contributed by atoms with Crippen molar-refractivity contribution in [2.24, 2.45) is 0 Å². The third-order valence-corrected chi connectivity index (χ3v) is 7.34. The summed E-state index contributed by atoms with van der Waals surface area (Å²) < 4.78 is 11.5. The van der Waals surface area contributed by atoms with Gasteiger partial charge in [0.05, 0.1) is 12.6 Å². The highest BCUT2D eigenvalue weighted by atomic mass is 16.6. The molecule has 1 aliphatic rings. The predicted octanol–water partition coefficient (Wildman–Crippen LogP) is 7.02. The van der Waals surface area contributed by atoms with Crippen LogP contribution in [0.3, 0.4) is 0 Å². The first-order valence-corrected chi connectivity index (χ1v) is 15.5. The smallest absolute Gasteiger partial charge is 0.407 e. The van der Waals surface area contributed by atoms with Crippen LogP contribution in [0.4, 0.5) is 4.79 Å². The lowest BCUT2D eigenvalue weighted by Gasteiger charge is -2.27. The fraction of sp³-hybridized carbons (Fsp3) is 0.967. The zero-order valence-electron chi connectivity index (χ0n) is 24.4. The first-order valence-electron chi connectivity index (χ1n) is 15.5. The molecule has 1 aliphatic heterocycles. The van der Waals surface area contributed by atoms with E-state index in [0.29, 0.717) is 19.8 Å². The number of likely N-dealkylation sites (tertiary alicyclic amines) is 1. The molecule has 1 heterocycles. The molecular formula is C30H61N3O3. The molecule has 0 spiro atoms. The molecule has 6 heteroatoms. The van der Waals surface area contributed by atoms with Crippen molar-refractivity contribution >= 4 is 6.09 Å². The number of nitrogens with zero attached hydrogens (tertiary/aromatic N) is 2. The summed E-state index contributed by atoms with van der Waals surface area (Å²) in [6, 6.07) is 0.174. The van der Waals surface area contributed by atoms with Gasteiger partial charge in [-0.05, 0) is 46.4 Å². The summed E-state index contributed by atoms with van der Waals surface area (Å²) in [6.45, 7) is 7.76. The van der Waals surface area contributed by atoms with Gasteiger partial charge in [0.15, 0.2) is 0 Å². The minimum atomic E-state index is -0.321. The number of unbranched alkanes of at least 4 members (excludes halogenated alkanes) is 15. The third kappa shape index (κ3) is 20.2. The molecule has 214 valence electrons. The van der Waals surface area contributed by atoms with Crippen molar-refractivity contribution in [2.75, 3.05) is 60.1 Å². The normalized spacial score (nSPS) is 15.0. The van der Waals surface area contributed by atoms with Gasteiger partial charge in [-0.2, -0.15) is 0 Å². The third-order valence-electron chi connectivity index (χ3n) is 7.34. The molecule has 0 radical (unpaired) electrons. The molecule has 0 aromatic heterocycles. The van der Waals surface area contributed by atoms with Crippen molar-refractivity contribution in [1.82, 2.24) is 15.1 Å². The van der Waals surface area contributed by atoms with Crippen LogP contribution >= 0.6 is 0 Å². The second kappa shape index (κ2) is 24.5. The first kappa shape index (κ1) is 33.2. The molecular weight excluding hydrogens is 450 g/mol. The molecule has 0 saturated carbocycles. The SMILES string of the molecule is CCCCCCCCCCCCCCCCCCOCC(COC(=O)NCCN(C)C)N1CCCC1. The van der Waals surface area contributed by atoms with Gasteiger partial charge in [0.1, 0.15) is 6.61 Å². The van der Waals surface area contributed by atoms with Crippen LogP contribution in [0.2, 0.25) is 0 Å². The number of likely N-dealkylation sites (N-methyl/N-ethyl adjacent to an activating group) is 1. The maximum atomic E-state index is 12.0. The largest absolute Gasteiger partial charge is 0.448 e. The quantitative estimate of drug-likeness (QED) is 0.134. The maximum Gasteiger partial charge on any atom is 0.407 e. The van der Waals surface area contributed by atoms with Crippen LogP contribution in [0.15, 0.2) is 0 Å². The molecule has 1 rings (SSSR count). The van der Waals surface area contributed by atoms with Gasteiger partial charge >= 0.3 is 6.09 Å². The van der Waals surface area contributed by atoms with Gasteiger partial charge in [-0.1, -0.05) is 103 Å². The number of nitrogens with one attached hydrogen (secondary N) is 1. The summed E-state index contributed by atoms with van der Waals surface area (Å²) in [5.74, 6) is 0. The molecule has 0 aliphatic carbocycles. The molecule has 1 atom stereocenters. The van der Waals surface area contributed by atoms with Gasteiger partial charge in [0.2, 0.25) is 0 Å². The van der Waals surface area contributed by atoms with Crippen molar-refractivity contribution in [3.8, 4) is 0 Å². The van der Waals surface area contributed by atoms with Crippen molar-refractivity contribution < 1.29 is 14.3 Å². The van der Waals surface area contributed by atoms with Crippen molar-refractivity contribution in [2.45, 2.75) is 129 Å². The van der Waals surface area contributed by atoms with E-state index in [2.05, 4.69) is 17.1 Å². The Morgan fingerprint density at radius 3 is 1.78 bits per heavy atom. The fourth-order valence-electron chi connectivity index (χ4n) is 4.94. The Balaban J connectivity index is 1.94. The molecule has 36 heavy (non-hydrogen) atoms. The van der Waals surface area contributed by atoms with E-state index in [1.54, 1.807) is 0 Å². The molecule has 1 N–H and O–H groups in total. The number of rotatable bonds is 25. The summed E-state index contributed by atoms with van der Waals surface area (Å²) in [7, 11) is 3.99. The van der Waals surface area contributed by atoms with E-state index in [1.807, 2.05) is 19.0 Å². The predicted molar refractivity (Wildman–Crippen MR) is 153 cm³/mol. The zero-order chi connectivity index (χ0) is 26.1. The van der Waals surface area contributed by atoms with Gasteiger partial charge in [0, 0.05) is 19.7 Å². The second-order valence-corrected chi connectivity index (χ2v) is 11.1. The fourth-order valence-corrected chi connectivity index (χ4v) is 4.94. The average Bonchev–Trinajstić information content (AvgIpc) is 3.39. The topological polar surface area (TPSA) is 54.0 Å². The molecule has 6 nitrogen and oxygen atoms in total. The maximum absolute atomic E-state index is 12.0. The Bertz CT molecular complexity index is 484. The molecule has 0 bridgehead atoms. The molecule has 1 fully saturated rings. The summed E-state index contributed by atoms with van der Waals surface area (Å²) in [5, 5.41) is 2.83. The number of amides is 1. The Hall–Kier alpha value is -0.850. The number of ether oxygens (including phenoxy) is 2. The molecule has 1 unspecified atom stereocenters. The number of hydrogen-bond donors (Lipinski definition) is 1. The lowest BCUT2D eigenvalue weighted by molar-refractivity contribution is 0.0312. The van der Waals surface area contributed by atoms with Crippen LogP contribution in [-0.2, 0) is 9.47 Å². The van der Waals surface area contributed by atoms with Crippen LogP contribution in [0.1, 0.15) is 122 Å². The van der Waals surface area contributed by atoms with Crippen molar-refractivity contribution in [3.63, 3.8) is 0 Å². The molecule has 0 aromatic carbocycles. The van der Waals surface area contributed by atoms with E-state index in [0.717, 1.165) is 32.7 Å². The number of carbonyl (C=O) groups excluding carboxylic acids is 1. The van der Waals surface area contributed by atoms with Crippen LogP contribution in [-0.4, -0.2) is 82.0 Å². The van der Waals surface area contributed by atoms with E-state index in [4.69, 9.17) is 9.47 Å². The van der Waals surface area contributed by atoms with E-state index in [9.17, 15) is 4.79 Å². The molecule has 1 saturated heterocycles. The lowest BCUT2D eigenvalue weighted by Crippen LogP contribution is -2.42. The van der Waals surface area contributed by atoms with Crippen LogP contribution in [0.25, 0.3) is 0 Å². The van der Waals surface area contributed by atoms with Crippen molar-refractivity contribution in [3.05, 3.63) is 0 Å². The molecule has 0 aromatic rings. The van der Waals surface area contributed by atoms with E-state index in [1.165, 1.54) is 109 Å². The zero-order valence-corrected chi connectivity index (χ0v) is 24.4. The van der Waals surface area contributed by atoms with E-state index < -0.39 is 0 Å². The van der Waals surface area contributed by atoms with Gasteiger partial charge in [-0.25, -0.2) is 4.79 Å². The first-order chi connectivity index (χ1) is 17.6. The minimum Gasteiger partial charge on any atom is -0.448 e. The Kier molecular flexibility index (Phi) is 22.6. The number of hydrogen-bond acceptors (Lipinski definition) is 5. The highest BCUT2D eigenvalue weighted by Gasteiger charge is 2.23. The average molecular weight is 512 g/mol. The Labute approximate surface area is 224 Å². The Morgan fingerprint density at radius 2 is 1.28 bits per heavy atom. The van der Waals surface area contributed by atoms with Crippen LogP contribution < -0.4 is 5.32 Å². The van der Waals surface area contributed by atoms with Gasteiger partial charge in [0.25, 0.3) is 0 Å². The van der Waals surface area contributed by atoms with Gasteiger partial charge in [-0.15, -0.1) is 0 Å². The van der Waals surface area contributed by atoms with E-state index in [-0.39, 0.29) is 12.1 Å². The summed E-state index contributed by atoms with van der Waals surface area (Å²) >= 11 is 0. The minimum absolute atomic E-state index is 0.174. The van der Waals surface area contributed by atoms with Gasteiger partial charge < -0.3 is 19.7 Å². The van der Waals surface area contributed by atoms with Crippen LogP contribution in [0.5, 0.6) is 0 Å². The Morgan fingerprint density at radius 1 is 0.778 bits per heavy atom. The summed E-state index contributed by atoms with van der Waals surface area (Å²) in [4.78, 5) is 16.4. The summed E-state index contributed by atoms with van der Waals surface area (Å²) in [5.41, 5.74) is 0. The number of carbonyl (C=O) groups is 1. The van der Waals surface area contributed by atoms with Crippen LogP contribution in [0, 0.1) is 0 Å². The summed E-state index contributed by atoms with van der Waals surface area (Å²) in [6.07, 6.45) is 24.3. The monoisotopic (exact) mass is 511 g/mol. The highest BCUT2D eigenvalue weighted by molar-refractivity contribution is 5.67. The second-order valence-electron chi connectivity index (χ2n) is 11.1. The van der Waals surface area contributed by atoms with E-state index >= 15 is 0 Å². The van der Waals surface area contributed by atoms with Gasteiger partial charge in [-0.3, -0.25) is 4.90 Å². The lowest BCUT2D eigenvalue weighted by atomic mass is 10.0. The van der Waals surface area contributed by atoms with Crippen molar-refractivity contribution in [1.29, 1.82) is 0 Å². The molecule has 1 amide bonds. The number of alkyl carbamates (subject to hydrolysis) is 1. The standard InChI is InChI=1S/C30H61N3O3/c1-4-5-6-7-8-9-10-11-12-13-14-15-16-17-18-21-26-35-27-29(33-23-19-20-24-33)28-36-30(34)31-22-25-32(2)3/h29H,4-28H2,1-3H3,(H,31,34). The highest BCUT2D eigenvalue weighted by Crippen LogP contribution is 2.15.